The third-order valence-electron chi connectivity index (χ3n) is 2.57. The summed E-state index contributed by atoms with van der Waals surface area (Å²) in [6.45, 7) is 2.13. The summed E-state index contributed by atoms with van der Waals surface area (Å²) in [5, 5.41) is 10.9. The van der Waals surface area contributed by atoms with Crippen LogP contribution in [0.25, 0.3) is 0 Å². The van der Waals surface area contributed by atoms with E-state index >= 15 is 0 Å². The molecule has 1 fully saturated rings. The number of carbonyl (C=O) groups excluding carboxylic acids is 1. The van der Waals surface area contributed by atoms with Crippen molar-refractivity contribution in [2.24, 2.45) is 5.92 Å². The van der Waals surface area contributed by atoms with Gasteiger partial charge in [0.15, 0.2) is 0 Å². The standard InChI is InChI=1S/C8H12N4OS/c1-4-2-3-5(4)10-6(13)7-11-12-8(9)14-7/h4-5H,2-3H2,1H3,(H2,9,12)(H,10,13). The van der Waals surface area contributed by atoms with Gasteiger partial charge in [0.25, 0.3) is 5.91 Å². The van der Waals surface area contributed by atoms with Gasteiger partial charge in [0.2, 0.25) is 10.1 Å². The lowest BCUT2D eigenvalue weighted by molar-refractivity contribution is 0.0883. The molecular formula is C8H12N4OS. The van der Waals surface area contributed by atoms with Crippen LogP contribution in [-0.2, 0) is 0 Å². The lowest BCUT2D eigenvalue weighted by atomic mass is 9.81. The number of nitrogens with one attached hydrogen (secondary N) is 1. The zero-order valence-electron chi connectivity index (χ0n) is 7.86. The van der Waals surface area contributed by atoms with Crippen LogP contribution in [0.4, 0.5) is 5.13 Å². The maximum atomic E-state index is 11.5. The SMILES string of the molecule is CC1CCC1NC(=O)c1nnc(N)s1. The first-order chi connectivity index (χ1) is 6.66. The topological polar surface area (TPSA) is 80.9 Å². The summed E-state index contributed by atoms with van der Waals surface area (Å²) >= 11 is 1.12. The average molecular weight is 212 g/mol. The third kappa shape index (κ3) is 1.70. The number of carbonyl (C=O) groups is 1. The minimum absolute atomic E-state index is 0.157. The van der Waals surface area contributed by atoms with E-state index in [-0.39, 0.29) is 5.91 Å². The highest BCUT2D eigenvalue weighted by Gasteiger charge is 2.29. The normalized spacial score (nSPS) is 25.5. The van der Waals surface area contributed by atoms with E-state index in [1.807, 2.05) is 0 Å². The Morgan fingerprint density at radius 1 is 1.57 bits per heavy atom. The van der Waals surface area contributed by atoms with E-state index < -0.39 is 0 Å². The van der Waals surface area contributed by atoms with E-state index in [4.69, 9.17) is 5.73 Å². The molecule has 1 aromatic heterocycles. The van der Waals surface area contributed by atoms with E-state index in [9.17, 15) is 4.79 Å². The molecule has 0 aromatic carbocycles. The molecule has 0 saturated heterocycles. The molecule has 1 aliphatic carbocycles. The lowest BCUT2D eigenvalue weighted by Gasteiger charge is -2.33. The lowest BCUT2D eigenvalue weighted by Crippen LogP contribution is -2.45. The largest absolute Gasteiger partial charge is 0.374 e. The van der Waals surface area contributed by atoms with Gasteiger partial charge in [0.05, 0.1) is 0 Å². The zero-order valence-corrected chi connectivity index (χ0v) is 8.67. The molecule has 5 nitrogen and oxygen atoms in total. The predicted molar refractivity (Wildman–Crippen MR) is 54.0 cm³/mol. The van der Waals surface area contributed by atoms with Crippen molar-refractivity contribution >= 4 is 22.4 Å². The highest BCUT2D eigenvalue weighted by Crippen LogP contribution is 2.26. The third-order valence-corrected chi connectivity index (χ3v) is 3.32. The first-order valence-corrected chi connectivity index (χ1v) is 5.38. The van der Waals surface area contributed by atoms with Crippen molar-refractivity contribution in [1.29, 1.82) is 0 Å². The van der Waals surface area contributed by atoms with Crippen molar-refractivity contribution in [1.82, 2.24) is 15.5 Å². The highest BCUT2D eigenvalue weighted by molar-refractivity contribution is 7.16. The van der Waals surface area contributed by atoms with Crippen LogP contribution >= 0.6 is 11.3 Å². The van der Waals surface area contributed by atoms with E-state index in [0.29, 0.717) is 22.1 Å². The Kier molecular flexibility index (Phi) is 2.37. The van der Waals surface area contributed by atoms with Gasteiger partial charge in [-0.2, -0.15) is 0 Å². The number of anilines is 1. The van der Waals surface area contributed by atoms with Crippen LogP contribution in [0.2, 0.25) is 0 Å². The first-order valence-electron chi connectivity index (χ1n) is 4.56. The number of nitrogen functional groups attached to an aromatic ring is 1. The number of nitrogens with two attached hydrogens (primary N) is 1. The maximum Gasteiger partial charge on any atom is 0.282 e. The van der Waals surface area contributed by atoms with Crippen molar-refractivity contribution in [3.05, 3.63) is 5.01 Å². The fraction of sp³-hybridized carbons (Fsp3) is 0.625. The Morgan fingerprint density at radius 3 is 2.79 bits per heavy atom. The molecule has 2 rings (SSSR count). The molecule has 0 spiro atoms. The van der Waals surface area contributed by atoms with Gasteiger partial charge in [0, 0.05) is 6.04 Å². The minimum Gasteiger partial charge on any atom is -0.374 e. The van der Waals surface area contributed by atoms with Gasteiger partial charge in [-0.15, -0.1) is 10.2 Å². The number of amides is 1. The van der Waals surface area contributed by atoms with Gasteiger partial charge in [-0.3, -0.25) is 4.79 Å². The average Bonchev–Trinajstić information content (AvgIpc) is 2.58. The molecule has 6 heteroatoms. The summed E-state index contributed by atoms with van der Waals surface area (Å²) in [4.78, 5) is 11.5. The van der Waals surface area contributed by atoms with Crippen LogP contribution in [0.3, 0.4) is 0 Å². The van der Waals surface area contributed by atoms with Crippen LogP contribution in [0.15, 0.2) is 0 Å². The fourth-order valence-electron chi connectivity index (χ4n) is 1.44. The molecule has 1 amide bonds. The van der Waals surface area contributed by atoms with Crippen molar-refractivity contribution in [3.8, 4) is 0 Å². The number of hydrogen-bond acceptors (Lipinski definition) is 5. The summed E-state index contributed by atoms with van der Waals surface area (Å²) in [6, 6.07) is 0.299. The Hall–Kier alpha value is -1.17. The molecule has 0 radical (unpaired) electrons. The van der Waals surface area contributed by atoms with Gasteiger partial charge in [0.1, 0.15) is 0 Å². The predicted octanol–water partition coefficient (Wildman–Crippen LogP) is 0.649. The van der Waals surface area contributed by atoms with Crippen LogP contribution in [-0.4, -0.2) is 22.1 Å². The van der Waals surface area contributed by atoms with Crippen molar-refractivity contribution in [2.45, 2.75) is 25.8 Å². The number of rotatable bonds is 2. The summed E-state index contributed by atoms with van der Waals surface area (Å²) < 4.78 is 0. The number of nitrogens with zero attached hydrogens (tertiary/aromatic N) is 2. The van der Waals surface area contributed by atoms with Crippen LogP contribution < -0.4 is 11.1 Å². The highest BCUT2D eigenvalue weighted by atomic mass is 32.1. The minimum atomic E-state index is -0.157. The second-order valence-corrected chi connectivity index (χ2v) is 4.59. The molecule has 0 aliphatic heterocycles. The molecule has 3 N–H and O–H groups in total. The summed E-state index contributed by atoms with van der Waals surface area (Å²) in [5.41, 5.74) is 5.39. The van der Waals surface area contributed by atoms with Gasteiger partial charge < -0.3 is 11.1 Å². The number of hydrogen-bond donors (Lipinski definition) is 2. The Labute approximate surface area is 85.7 Å². The van der Waals surface area contributed by atoms with Gasteiger partial charge >= 0.3 is 0 Å². The molecule has 1 heterocycles. The molecular weight excluding hydrogens is 200 g/mol. The molecule has 0 bridgehead atoms. The monoisotopic (exact) mass is 212 g/mol. The molecule has 2 unspecified atom stereocenters. The van der Waals surface area contributed by atoms with E-state index in [0.717, 1.165) is 17.8 Å². The molecule has 2 atom stereocenters. The quantitative estimate of drug-likeness (QED) is 0.754. The maximum absolute atomic E-state index is 11.5. The van der Waals surface area contributed by atoms with Crippen LogP contribution in [0.5, 0.6) is 0 Å². The van der Waals surface area contributed by atoms with Crippen LogP contribution in [0.1, 0.15) is 29.6 Å². The fourth-order valence-corrected chi connectivity index (χ4v) is 1.95. The summed E-state index contributed by atoms with van der Waals surface area (Å²) in [6.07, 6.45) is 2.24. The summed E-state index contributed by atoms with van der Waals surface area (Å²) in [7, 11) is 0. The second kappa shape index (κ2) is 3.53. The molecule has 76 valence electrons. The van der Waals surface area contributed by atoms with Gasteiger partial charge in [-0.25, -0.2) is 0 Å². The smallest absolute Gasteiger partial charge is 0.282 e. The van der Waals surface area contributed by atoms with Gasteiger partial charge in [-0.1, -0.05) is 18.3 Å². The zero-order chi connectivity index (χ0) is 10.1. The molecule has 1 aliphatic rings. The Balaban J connectivity index is 1.95. The van der Waals surface area contributed by atoms with E-state index in [1.165, 1.54) is 6.42 Å². The van der Waals surface area contributed by atoms with Gasteiger partial charge in [-0.05, 0) is 18.8 Å². The van der Waals surface area contributed by atoms with E-state index in [1.54, 1.807) is 0 Å². The summed E-state index contributed by atoms with van der Waals surface area (Å²) in [5.74, 6) is 0.417. The molecule has 14 heavy (non-hydrogen) atoms. The molecule has 1 saturated carbocycles. The van der Waals surface area contributed by atoms with Crippen molar-refractivity contribution in [2.75, 3.05) is 5.73 Å². The Morgan fingerprint density at radius 2 is 2.36 bits per heavy atom. The number of aromatic nitrogens is 2. The molecule has 1 aromatic rings. The van der Waals surface area contributed by atoms with Crippen LogP contribution in [0, 0.1) is 5.92 Å². The van der Waals surface area contributed by atoms with Crippen molar-refractivity contribution < 1.29 is 4.79 Å². The van der Waals surface area contributed by atoms with E-state index in [2.05, 4.69) is 22.4 Å². The van der Waals surface area contributed by atoms with Crippen molar-refractivity contribution in [3.63, 3.8) is 0 Å². The first kappa shape index (κ1) is 9.39. The second-order valence-electron chi connectivity index (χ2n) is 3.58. The Bertz CT molecular complexity index is 351.